The van der Waals surface area contributed by atoms with Gasteiger partial charge in [0.15, 0.2) is 6.61 Å². The Hall–Kier alpha value is -3.02. The maximum absolute atomic E-state index is 13.4. The summed E-state index contributed by atoms with van der Waals surface area (Å²) in [6.45, 7) is 2.53. The number of hydrogen-bond donors (Lipinski definition) is 1. The zero-order valence-corrected chi connectivity index (χ0v) is 20.6. The summed E-state index contributed by atoms with van der Waals surface area (Å²) in [4.78, 5) is 28.2. The van der Waals surface area contributed by atoms with E-state index < -0.39 is 6.04 Å². The van der Waals surface area contributed by atoms with Crippen molar-refractivity contribution in [2.75, 3.05) is 13.2 Å². The highest BCUT2D eigenvalue weighted by molar-refractivity contribution is 6.30. The number of benzene rings is 3. The van der Waals surface area contributed by atoms with Crippen molar-refractivity contribution in [1.29, 1.82) is 0 Å². The van der Waals surface area contributed by atoms with Crippen LogP contribution in [0.25, 0.3) is 0 Å². The van der Waals surface area contributed by atoms with E-state index >= 15 is 0 Å². The van der Waals surface area contributed by atoms with Gasteiger partial charge in [0.05, 0.1) is 0 Å². The van der Waals surface area contributed by atoms with Crippen molar-refractivity contribution in [3.63, 3.8) is 0 Å². The van der Waals surface area contributed by atoms with Crippen LogP contribution in [0.3, 0.4) is 0 Å². The third-order valence-corrected chi connectivity index (χ3v) is 5.73. The Morgan fingerprint density at radius 3 is 2.29 bits per heavy atom. The van der Waals surface area contributed by atoms with Crippen LogP contribution < -0.4 is 10.1 Å². The summed E-state index contributed by atoms with van der Waals surface area (Å²) in [6, 6.07) is 23.0. The Morgan fingerprint density at radius 1 is 0.912 bits per heavy atom. The fraction of sp³-hybridized carbons (Fsp3) is 0.259. The van der Waals surface area contributed by atoms with E-state index in [1.54, 1.807) is 41.3 Å². The minimum atomic E-state index is -0.714. The van der Waals surface area contributed by atoms with Gasteiger partial charge in [-0.05, 0) is 53.9 Å². The number of nitrogens with one attached hydrogen (secondary N) is 1. The first-order chi connectivity index (χ1) is 16.5. The van der Waals surface area contributed by atoms with Gasteiger partial charge in [0.25, 0.3) is 5.91 Å². The summed E-state index contributed by atoms with van der Waals surface area (Å²) in [6.07, 6.45) is 1.18. The first kappa shape index (κ1) is 25.6. The van der Waals surface area contributed by atoms with E-state index in [2.05, 4.69) is 5.32 Å². The van der Waals surface area contributed by atoms with Gasteiger partial charge in [-0.1, -0.05) is 72.6 Å². The Balaban J connectivity index is 1.88. The molecule has 1 atom stereocenters. The van der Waals surface area contributed by atoms with Crippen LogP contribution >= 0.6 is 23.2 Å². The van der Waals surface area contributed by atoms with Crippen molar-refractivity contribution in [3.05, 3.63) is 100 Å². The lowest BCUT2D eigenvalue weighted by molar-refractivity contribution is -0.142. The highest BCUT2D eigenvalue weighted by Crippen LogP contribution is 2.19. The van der Waals surface area contributed by atoms with Crippen LogP contribution in [0.5, 0.6) is 5.75 Å². The first-order valence-electron chi connectivity index (χ1n) is 11.2. The van der Waals surface area contributed by atoms with Crippen LogP contribution in [0.4, 0.5) is 0 Å². The van der Waals surface area contributed by atoms with Crippen LogP contribution in [0.2, 0.25) is 10.0 Å². The first-order valence-corrected chi connectivity index (χ1v) is 12.0. The van der Waals surface area contributed by atoms with E-state index in [0.29, 0.717) is 28.8 Å². The van der Waals surface area contributed by atoms with Crippen LogP contribution in [0, 0.1) is 0 Å². The molecule has 0 aliphatic carbocycles. The van der Waals surface area contributed by atoms with Crippen molar-refractivity contribution in [3.8, 4) is 5.75 Å². The molecule has 0 radical (unpaired) electrons. The third-order valence-electron chi connectivity index (χ3n) is 5.24. The van der Waals surface area contributed by atoms with Crippen molar-refractivity contribution >= 4 is 35.0 Å². The number of amides is 2. The standard InChI is InChI=1S/C27H28Cl2N2O3/c1-2-15-30-27(33)25(17-20-7-4-3-5-8-20)31(18-21-9-6-10-23(29)16-21)26(32)19-34-24-13-11-22(28)12-14-24/h3-14,16,25H,2,15,17-19H2,1H3,(H,30,33)/t25-/m0/s1. The van der Waals surface area contributed by atoms with Gasteiger partial charge in [-0.25, -0.2) is 0 Å². The van der Waals surface area contributed by atoms with E-state index in [1.807, 2.05) is 49.4 Å². The lowest BCUT2D eigenvalue weighted by Crippen LogP contribution is -2.51. The maximum Gasteiger partial charge on any atom is 0.261 e. The molecule has 0 aliphatic heterocycles. The fourth-order valence-corrected chi connectivity index (χ4v) is 3.85. The molecule has 0 aromatic heterocycles. The second kappa shape index (κ2) is 13.0. The average molecular weight is 499 g/mol. The summed E-state index contributed by atoms with van der Waals surface area (Å²) in [5.41, 5.74) is 1.79. The SMILES string of the molecule is CCCNC(=O)[C@H](Cc1ccccc1)N(Cc1cccc(Cl)c1)C(=O)COc1ccc(Cl)cc1. The van der Waals surface area contributed by atoms with Gasteiger partial charge in [0.1, 0.15) is 11.8 Å². The predicted molar refractivity (Wildman–Crippen MR) is 136 cm³/mol. The maximum atomic E-state index is 13.4. The molecule has 3 rings (SSSR count). The summed E-state index contributed by atoms with van der Waals surface area (Å²) >= 11 is 12.1. The van der Waals surface area contributed by atoms with Crippen molar-refractivity contribution in [2.45, 2.75) is 32.4 Å². The molecule has 0 bridgehead atoms. The van der Waals surface area contributed by atoms with E-state index in [-0.39, 0.29) is 25.0 Å². The topological polar surface area (TPSA) is 58.6 Å². The minimum absolute atomic E-state index is 0.201. The van der Waals surface area contributed by atoms with Gasteiger partial charge in [-0.15, -0.1) is 0 Å². The second-order valence-corrected chi connectivity index (χ2v) is 8.76. The quantitative estimate of drug-likeness (QED) is 0.377. The Labute approximate surface area is 210 Å². The van der Waals surface area contributed by atoms with Crippen LogP contribution in [-0.2, 0) is 22.6 Å². The second-order valence-electron chi connectivity index (χ2n) is 7.89. The van der Waals surface area contributed by atoms with E-state index in [4.69, 9.17) is 27.9 Å². The monoisotopic (exact) mass is 498 g/mol. The van der Waals surface area contributed by atoms with Gasteiger partial charge in [-0.2, -0.15) is 0 Å². The molecule has 0 heterocycles. The van der Waals surface area contributed by atoms with E-state index in [9.17, 15) is 9.59 Å². The number of carbonyl (C=O) groups excluding carboxylic acids is 2. The lowest BCUT2D eigenvalue weighted by Gasteiger charge is -2.31. The van der Waals surface area contributed by atoms with Crippen molar-refractivity contribution in [1.82, 2.24) is 10.2 Å². The Kier molecular flexibility index (Phi) is 9.80. The van der Waals surface area contributed by atoms with Crippen molar-refractivity contribution < 1.29 is 14.3 Å². The molecule has 0 aliphatic rings. The molecule has 3 aromatic rings. The average Bonchev–Trinajstić information content (AvgIpc) is 2.85. The molecule has 178 valence electrons. The molecule has 34 heavy (non-hydrogen) atoms. The van der Waals surface area contributed by atoms with Crippen LogP contribution in [-0.4, -0.2) is 35.9 Å². The zero-order valence-electron chi connectivity index (χ0n) is 19.0. The van der Waals surface area contributed by atoms with Gasteiger partial charge < -0.3 is 15.0 Å². The largest absolute Gasteiger partial charge is 0.484 e. The number of nitrogens with zero attached hydrogens (tertiary/aromatic N) is 1. The Bertz CT molecular complexity index is 1070. The van der Waals surface area contributed by atoms with E-state index in [0.717, 1.165) is 17.5 Å². The Morgan fingerprint density at radius 2 is 1.62 bits per heavy atom. The number of rotatable bonds is 11. The highest BCUT2D eigenvalue weighted by atomic mass is 35.5. The zero-order chi connectivity index (χ0) is 24.3. The summed E-state index contributed by atoms with van der Waals surface area (Å²) in [7, 11) is 0. The molecule has 3 aromatic carbocycles. The molecule has 0 unspecified atom stereocenters. The summed E-state index contributed by atoms with van der Waals surface area (Å²) in [5, 5.41) is 4.10. The van der Waals surface area contributed by atoms with Gasteiger partial charge in [0.2, 0.25) is 5.91 Å². The highest BCUT2D eigenvalue weighted by Gasteiger charge is 2.30. The summed E-state index contributed by atoms with van der Waals surface area (Å²) in [5.74, 6) is 0.0191. The molecular weight excluding hydrogens is 471 g/mol. The van der Waals surface area contributed by atoms with Crippen molar-refractivity contribution in [2.24, 2.45) is 0 Å². The normalized spacial score (nSPS) is 11.5. The summed E-state index contributed by atoms with van der Waals surface area (Å²) < 4.78 is 5.72. The molecule has 0 fully saturated rings. The fourth-order valence-electron chi connectivity index (χ4n) is 3.51. The molecule has 0 saturated heterocycles. The smallest absolute Gasteiger partial charge is 0.261 e. The van der Waals surface area contributed by atoms with Crippen LogP contribution in [0.1, 0.15) is 24.5 Å². The number of hydrogen-bond acceptors (Lipinski definition) is 3. The lowest BCUT2D eigenvalue weighted by atomic mass is 10.0. The molecule has 1 N–H and O–H groups in total. The van der Waals surface area contributed by atoms with Gasteiger partial charge >= 0.3 is 0 Å². The third kappa shape index (κ3) is 7.79. The molecule has 7 heteroatoms. The number of carbonyl (C=O) groups is 2. The molecule has 2 amide bonds. The van der Waals surface area contributed by atoms with Crippen LogP contribution in [0.15, 0.2) is 78.9 Å². The molecule has 0 saturated carbocycles. The van der Waals surface area contributed by atoms with Gasteiger partial charge in [-0.3, -0.25) is 9.59 Å². The minimum Gasteiger partial charge on any atom is -0.484 e. The number of ether oxygens (including phenoxy) is 1. The van der Waals surface area contributed by atoms with Gasteiger partial charge in [0, 0.05) is 29.6 Å². The number of halogens is 2. The predicted octanol–water partition coefficient (Wildman–Crippen LogP) is 5.54. The van der Waals surface area contributed by atoms with E-state index in [1.165, 1.54) is 0 Å². The molecule has 0 spiro atoms. The molecule has 5 nitrogen and oxygen atoms in total. The molecular formula is C27H28Cl2N2O3.